The molecule has 3 aromatic rings. The number of anilines is 1. The summed E-state index contributed by atoms with van der Waals surface area (Å²) in [5.74, 6) is -0.383. The summed E-state index contributed by atoms with van der Waals surface area (Å²) in [5, 5.41) is 14.6. The third-order valence-corrected chi connectivity index (χ3v) is 6.77. The van der Waals surface area contributed by atoms with E-state index >= 15 is 0 Å². The van der Waals surface area contributed by atoms with Crippen LogP contribution in [0.3, 0.4) is 0 Å². The van der Waals surface area contributed by atoms with Gasteiger partial charge < -0.3 is 15.3 Å². The summed E-state index contributed by atoms with van der Waals surface area (Å²) in [7, 11) is 0. The molecule has 5 nitrogen and oxygen atoms in total. The van der Waals surface area contributed by atoms with Gasteiger partial charge in [-0.05, 0) is 48.1 Å². The van der Waals surface area contributed by atoms with Gasteiger partial charge in [-0.1, -0.05) is 48.0 Å². The van der Waals surface area contributed by atoms with Gasteiger partial charge in [-0.25, -0.2) is 0 Å². The molecule has 6 heteroatoms. The fourth-order valence-corrected chi connectivity index (χ4v) is 5.04. The molecule has 1 aliphatic rings. The zero-order valence-electron chi connectivity index (χ0n) is 17.5. The topological polar surface area (TPSA) is 69.6 Å². The standard InChI is InChI=1S/C25H26N2O3S/c1-17-8-10-20(11-9-17)27-23(29)13-12-21(24(27)22-7-4-14-31-22)25(30)26-15-18-5-2-3-6-19(18)16-28/h2-11,14,21,24,28H,12-13,15-16H2,1H3,(H,26,30)/t21-,24-/m0/s1. The molecule has 0 bridgehead atoms. The predicted octanol–water partition coefficient (Wildman–Crippen LogP) is 4.35. The Labute approximate surface area is 186 Å². The molecule has 0 spiro atoms. The third kappa shape index (κ3) is 4.55. The van der Waals surface area contributed by atoms with Crippen LogP contribution in [-0.2, 0) is 22.7 Å². The molecule has 0 saturated carbocycles. The number of rotatable bonds is 6. The highest BCUT2D eigenvalue weighted by Gasteiger charge is 2.41. The summed E-state index contributed by atoms with van der Waals surface area (Å²) in [6.45, 7) is 2.30. The van der Waals surface area contributed by atoms with Crippen molar-refractivity contribution < 1.29 is 14.7 Å². The number of carbonyl (C=O) groups excluding carboxylic acids is 2. The smallest absolute Gasteiger partial charge is 0.227 e. The Balaban J connectivity index is 1.61. The molecule has 0 radical (unpaired) electrons. The lowest BCUT2D eigenvalue weighted by molar-refractivity contribution is -0.129. The van der Waals surface area contributed by atoms with Gasteiger partial charge in [0, 0.05) is 23.5 Å². The number of thiophene rings is 1. The van der Waals surface area contributed by atoms with Gasteiger partial charge in [-0.3, -0.25) is 9.59 Å². The molecule has 0 aliphatic carbocycles. The molecule has 1 aliphatic heterocycles. The highest BCUT2D eigenvalue weighted by Crippen LogP contribution is 2.41. The lowest BCUT2D eigenvalue weighted by Gasteiger charge is -2.40. The van der Waals surface area contributed by atoms with Crippen LogP contribution in [0.4, 0.5) is 5.69 Å². The molecular weight excluding hydrogens is 408 g/mol. The number of carbonyl (C=O) groups is 2. The monoisotopic (exact) mass is 434 g/mol. The zero-order chi connectivity index (χ0) is 21.8. The summed E-state index contributed by atoms with van der Waals surface area (Å²) in [5.41, 5.74) is 3.64. The number of aliphatic hydroxyl groups is 1. The minimum atomic E-state index is -0.348. The number of nitrogens with one attached hydrogen (secondary N) is 1. The maximum atomic E-state index is 13.3. The first-order valence-corrected chi connectivity index (χ1v) is 11.3. The van der Waals surface area contributed by atoms with Crippen LogP contribution in [-0.4, -0.2) is 16.9 Å². The van der Waals surface area contributed by atoms with E-state index in [0.717, 1.165) is 27.3 Å². The fourth-order valence-electron chi connectivity index (χ4n) is 4.16. The van der Waals surface area contributed by atoms with Crippen molar-refractivity contribution in [3.8, 4) is 0 Å². The van der Waals surface area contributed by atoms with Crippen LogP contribution in [0.5, 0.6) is 0 Å². The minimum Gasteiger partial charge on any atom is -0.392 e. The van der Waals surface area contributed by atoms with E-state index in [1.807, 2.05) is 73.0 Å². The van der Waals surface area contributed by atoms with Crippen LogP contribution < -0.4 is 10.2 Å². The van der Waals surface area contributed by atoms with Crippen LogP contribution in [0.1, 0.15) is 40.5 Å². The van der Waals surface area contributed by atoms with Gasteiger partial charge >= 0.3 is 0 Å². The highest BCUT2D eigenvalue weighted by atomic mass is 32.1. The van der Waals surface area contributed by atoms with Crippen molar-refractivity contribution in [2.75, 3.05) is 4.90 Å². The molecule has 2 heterocycles. The van der Waals surface area contributed by atoms with Crippen molar-refractivity contribution in [3.63, 3.8) is 0 Å². The van der Waals surface area contributed by atoms with Crippen LogP contribution >= 0.6 is 11.3 Å². The summed E-state index contributed by atoms with van der Waals surface area (Å²) in [6, 6.07) is 19.0. The minimum absolute atomic E-state index is 0.0388. The highest BCUT2D eigenvalue weighted by molar-refractivity contribution is 7.10. The fraction of sp³-hybridized carbons (Fsp3) is 0.280. The first-order chi connectivity index (χ1) is 15.1. The Hall–Kier alpha value is -2.96. The van der Waals surface area contributed by atoms with Gasteiger partial charge in [0.1, 0.15) is 0 Å². The largest absolute Gasteiger partial charge is 0.392 e. The molecule has 2 aromatic carbocycles. The van der Waals surface area contributed by atoms with Crippen LogP contribution in [0.25, 0.3) is 0 Å². The van der Waals surface area contributed by atoms with Gasteiger partial charge in [-0.2, -0.15) is 0 Å². The van der Waals surface area contributed by atoms with Gasteiger partial charge in [0.25, 0.3) is 0 Å². The number of amides is 2. The predicted molar refractivity (Wildman–Crippen MR) is 123 cm³/mol. The van der Waals surface area contributed by atoms with E-state index in [1.54, 1.807) is 16.2 Å². The Bertz CT molecular complexity index is 1050. The maximum absolute atomic E-state index is 13.3. The number of piperidine rings is 1. The second-order valence-corrected chi connectivity index (χ2v) is 8.83. The van der Waals surface area contributed by atoms with Gasteiger partial charge in [0.05, 0.1) is 18.6 Å². The van der Waals surface area contributed by atoms with Gasteiger partial charge in [0.2, 0.25) is 11.8 Å². The maximum Gasteiger partial charge on any atom is 0.227 e. The van der Waals surface area contributed by atoms with Gasteiger partial charge in [0.15, 0.2) is 0 Å². The number of hydrogen-bond acceptors (Lipinski definition) is 4. The van der Waals surface area contributed by atoms with E-state index in [1.165, 1.54) is 0 Å². The molecule has 2 atom stereocenters. The Morgan fingerprint density at radius 3 is 2.52 bits per heavy atom. The van der Waals surface area contributed by atoms with Gasteiger partial charge in [-0.15, -0.1) is 11.3 Å². The van der Waals surface area contributed by atoms with Crippen LogP contribution in [0.15, 0.2) is 66.0 Å². The van der Waals surface area contributed by atoms with E-state index in [-0.39, 0.29) is 30.4 Å². The van der Waals surface area contributed by atoms with Crippen LogP contribution in [0, 0.1) is 12.8 Å². The zero-order valence-corrected chi connectivity index (χ0v) is 18.3. The van der Waals surface area contributed by atoms with Crippen molar-refractivity contribution in [1.82, 2.24) is 5.32 Å². The Morgan fingerprint density at radius 2 is 1.84 bits per heavy atom. The van der Waals surface area contributed by atoms with E-state index in [9.17, 15) is 14.7 Å². The SMILES string of the molecule is Cc1ccc(N2C(=O)CC[C@H](C(=O)NCc3ccccc3CO)[C@H]2c2cccs2)cc1. The molecule has 0 unspecified atom stereocenters. The second-order valence-electron chi connectivity index (χ2n) is 7.85. The number of benzene rings is 2. The molecule has 4 rings (SSSR count). The first-order valence-electron chi connectivity index (χ1n) is 10.5. The molecular formula is C25H26N2O3S. The molecule has 31 heavy (non-hydrogen) atoms. The summed E-state index contributed by atoms with van der Waals surface area (Å²) in [6.07, 6.45) is 0.846. The quantitative estimate of drug-likeness (QED) is 0.606. The van der Waals surface area contributed by atoms with Crippen molar-refractivity contribution in [3.05, 3.63) is 87.6 Å². The van der Waals surface area contributed by atoms with Crippen LogP contribution in [0.2, 0.25) is 0 Å². The van der Waals surface area contributed by atoms with E-state index in [2.05, 4.69) is 5.32 Å². The molecule has 1 fully saturated rings. The average Bonchev–Trinajstić information content (AvgIpc) is 3.33. The van der Waals surface area contributed by atoms with E-state index < -0.39 is 0 Å². The van der Waals surface area contributed by atoms with E-state index in [0.29, 0.717) is 19.4 Å². The van der Waals surface area contributed by atoms with Crippen molar-refractivity contribution in [2.45, 2.75) is 39.0 Å². The number of aryl methyl sites for hydroxylation is 1. The summed E-state index contributed by atoms with van der Waals surface area (Å²) in [4.78, 5) is 29.1. The number of nitrogens with zero attached hydrogens (tertiary/aromatic N) is 1. The average molecular weight is 435 g/mol. The molecule has 2 amide bonds. The molecule has 2 N–H and O–H groups in total. The Kier molecular flexibility index (Phi) is 6.49. The molecule has 1 aromatic heterocycles. The van der Waals surface area contributed by atoms with Crippen molar-refractivity contribution in [1.29, 1.82) is 0 Å². The Morgan fingerprint density at radius 1 is 1.10 bits per heavy atom. The summed E-state index contributed by atoms with van der Waals surface area (Å²) >= 11 is 1.57. The van der Waals surface area contributed by atoms with E-state index in [4.69, 9.17) is 0 Å². The first kappa shape index (κ1) is 21.3. The van der Waals surface area contributed by atoms with Crippen molar-refractivity contribution in [2.24, 2.45) is 5.92 Å². The number of hydrogen-bond donors (Lipinski definition) is 2. The summed E-state index contributed by atoms with van der Waals surface area (Å²) < 4.78 is 0. The number of aliphatic hydroxyl groups excluding tert-OH is 1. The normalized spacial score (nSPS) is 18.8. The lowest BCUT2D eigenvalue weighted by atomic mass is 9.86. The third-order valence-electron chi connectivity index (χ3n) is 5.82. The lowest BCUT2D eigenvalue weighted by Crippen LogP contribution is -2.48. The van der Waals surface area contributed by atoms with Crippen molar-refractivity contribution >= 4 is 28.8 Å². The molecule has 1 saturated heterocycles. The molecule has 160 valence electrons. The second kappa shape index (κ2) is 9.45.